The number of aryl methyl sites for hydroxylation is 2. The first-order valence-corrected chi connectivity index (χ1v) is 11.9. The number of hydrogen-bond acceptors (Lipinski definition) is 4. The second-order valence-electron chi connectivity index (χ2n) is 9.73. The van der Waals surface area contributed by atoms with Crippen LogP contribution in [0.3, 0.4) is 0 Å². The van der Waals surface area contributed by atoms with E-state index in [-0.39, 0.29) is 5.91 Å². The summed E-state index contributed by atoms with van der Waals surface area (Å²) in [4.78, 5) is 20.5. The minimum absolute atomic E-state index is 0.0538. The number of carbonyl (C=O) groups is 1. The maximum atomic E-state index is 13.2. The molecule has 5 rings (SSSR count). The van der Waals surface area contributed by atoms with Crippen LogP contribution in [0.5, 0.6) is 0 Å². The van der Waals surface area contributed by atoms with Crippen molar-refractivity contribution in [3.8, 4) is 0 Å². The molecule has 0 bridgehead atoms. The minimum atomic E-state index is -0.0538. The molecule has 0 atom stereocenters. The summed E-state index contributed by atoms with van der Waals surface area (Å²) in [6.07, 6.45) is 4.90. The normalized spacial score (nSPS) is 17.7. The Balaban J connectivity index is 1.26. The van der Waals surface area contributed by atoms with Crippen LogP contribution in [0.25, 0.3) is 11.0 Å². The molecule has 1 aliphatic heterocycles. The molecule has 168 valence electrons. The van der Waals surface area contributed by atoms with Crippen molar-refractivity contribution >= 4 is 16.9 Å². The van der Waals surface area contributed by atoms with E-state index in [1.165, 1.54) is 31.5 Å². The lowest BCUT2D eigenvalue weighted by atomic mass is 9.99. The quantitative estimate of drug-likeness (QED) is 0.632. The van der Waals surface area contributed by atoms with Crippen LogP contribution in [0.15, 0.2) is 30.3 Å². The third-order valence-electron chi connectivity index (χ3n) is 6.99. The zero-order valence-corrected chi connectivity index (χ0v) is 19.4. The predicted octanol–water partition coefficient (Wildman–Crippen LogP) is 4.32. The van der Waals surface area contributed by atoms with E-state index < -0.39 is 0 Å². The smallest absolute Gasteiger partial charge is 0.252 e. The Labute approximate surface area is 190 Å². The summed E-state index contributed by atoms with van der Waals surface area (Å²) in [5, 5.41) is 8.49. The highest BCUT2D eigenvalue weighted by Crippen LogP contribution is 2.40. The van der Waals surface area contributed by atoms with Crippen LogP contribution in [0.4, 0.5) is 0 Å². The standard InChI is InChI=1S/C26H33N5O/c1-17-10-12-31(13-11-17)16-20-6-4-19(5-7-20)15-27-26(32)22-14-23(21-8-9-21)28-25-24(22)18(2)29-30(25)3/h4-7,14,17,21H,8-13,15-16H2,1-3H3,(H,27,32). The number of amides is 1. The summed E-state index contributed by atoms with van der Waals surface area (Å²) in [5.41, 5.74) is 5.81. The minimum Gasteiger partial charge on any atom is -0.348 e. The molecule has 2 aliphatic rings. The Bertz CT molecular complexity index is 1120. The molecule has 2 aromatic heterocycles. The van der Waals surface area contributed by atoms with Gasteiger partial charge < -0.3 is 5.32 Å². The SMILES string of the molecule is Cc1nn(C)c2nc(C3CC3)cc(C(=O)NCc3ccc(CN4CCC(C)CC4)cc3)c12. The lowest BCUT2D eigenvalue weighted by molar-refractivity contribution is 0.0952. The molecule has 1 amide bonds. The van der Waals surface area contributed by atoms with Gasteiger partial charge in [-0.15, -0.1) is 0 Å². The average molecular weight is 432 g/mol. The first kappa shape index (κ1) is 21.1. The topological polar surface area (TPSA) is 63.1 Å². The van der Waals surface area contributed by atoms with Crippen molar-refractivity contribution < 1.29 is 4.79 Å². The molecular formula is C26H33N5O. The highest BCUT2D eigenvalue weighted by atomic mass is 16.1. The number of hydrogen-bond donors (Lipinski definition) is 1. The molecule has 3 aromatic rings. The summed E-state index contributed by atoms with van der Waals surface area (Å²) in [5.74, 6) is 1.29. The highest BCUT2D eigenvalue weighted by molar-refractivity contribution is 6.06. The summed E-state index contributed by atoms with van der Waals surface area (Å²) < 4.78 is 1.79. The number of piperidine rings is 1. The maximum Gasteiger partial charge on any atom is 0.252 e. The molecule has 1 N–H and O–H groups in total. The van der Waals surface area contributed by atoms with E-state index >= 15 is 0 Å². The van der Waals surface area contributed by atoms with Gasteiger partial charge in [-0.3, -0.25) is 14.4 Å². The van der Waals surface area contributed by atoms with Gasteiger partial charge in [0, 0.05) is 31.7 Å². The number of aromatic nitrogens is 3. The Morgan fingerprint density at radius 2 is 1.78 bits per heavy atom. The fraction of sp³-hybridized carbons (Fsp3) is 0.500. The monoisotopic (exact) mass is 431 g/mol. The van der Waals surface area contributed by atoms with Crippen molar-refractivity contribution in [2.45, 2.75) is 58.5 Å². The van der Waals surface area contributed by atoms with Crippen molar-refractivity contribution in [1.82, 2.24) is 25.0 Å². The van der Waals surface area contributed by atoms with Crippen LogP contribution in [0, 0.1) is 12.8 Å². The zero-order valence-electron chi connectivity index (χ0n) is 19.4. The van der Waals surface area contributed by atoms with Crippen LogP contribution in [-0.2, 0) is 20.1 Å². The van der Waals surface area contributed by atoms with Crippen molar-refractivity contribution in [3.05, 3.63) is 58.4 Å². The zero-order chi connectivity index (χ0) is 22.2. The van der Waals surface area contributed by atoms with Crippen molar-refractivity contribution in [3.63, 3.8) is 0 Å². The molecule has 1 aliphatic carbocycles. The van der Waals surface area contributed by atoms with Gasteiger partial charge in [0.2, 0.25) is 0 Å². The fourth-order valence-electron chi connectivity index (χ4n) is 4.75. The van der Waals surface area contributed by atoms with Gasteiger partial charge in [-0.1, -0.05) is 31.2 Å². The molecular weight excluding hydrogens is 398 g/mol. The van der Waals surface area contributed by atoms with E-state index in [4.69, 9.17) is 4.98 Å². The van der Waals surface area contributed by atoms with Gasteiger partial charge in [0.05, 0.1) is 16.6 Å². The lowest BCUT2D eigenvalue weighted by Gasteiger charge is -2.30. The maximum absolute atomic E-state index is 13.2. The number of nitrogens with zero attached hydrogens (tertiary/aromatic N) is 4. The molecule has 3 heterocycles. The van der Waals surface area contributed by atoms with E-state index in [1.54, 1.807) is 4.68 Å². The first-order chi connectivity index (χ1) is 15.5. The summed E-state index contributed by atoms with van der Waals surface area (Å²) >= 11 is 0. The number of rotatable bonds is 6. The van der Waals surface area contributed by atoms with Gasteiger partial charge in [0.25, 0.3) is 5.91 Å². The van der Waals surface area contributed by atoms with E-state index in [1.807, 2.05) is 20.0 Å². The summed E-state index contributed by atoms with van der Waals surface area (Å²) in [6, 6.07) is 10.6. The molecule has 0 unspecified atom stereocenters. The average Bonchev–Trinajstić information content (AvgIpc) is 3.60. The van der Waals surface area contributed by atoms with Gasteiger partial charge in [0.1, 0.15) is 0 Å². The molecule has 1 saturated heterocycles. The van der Waals surface area contributed by atoms with Crippen LogP contribution in [0.1, 0.15) is 71.4 Å². The number of nitrogens with one attached hydrogen (secondary N) is 1. The molecule has 6 nitrogen and oxygen atoms in total. The van der Waals surface area contributed by atoms with Gasteiger partial charge in [-0.2, -0.15) is 5.10 Å². The predicted molar refractivity (Wildman–Crippen MR) is 127 cm³/mol. The fourth-order valence-corrected chi connectivity index (χ4v) is 4.75. The first-order valence-electron chi connectivity index (χ1n) is 11.9. The lowest BCUT2D eigenvalue weighted by Crippen LogP contribution is -2.32. The van der Waals surface area contributed by atoms with E-state index in [0.29, 0.717) is 18.0 Å². The Morgan fingerprint density at radius 3 is 2.47 bits per heavy atom. The molecule has 6 heteroatoms. The Hall–Kier alpha value is -2.73. The molecule has 0 radical (unpaired) electrons. The van der Waals surface area contributed by atoms with E-state index in [9.17, 15) is 4.79 Å². The van der Waals surface area contributed by atoms with Gasteiger partial charge in [-0.05, 0) is 68.8 Å². The number of fused-ring (bicyclic) bond motifs is 1. The van der Waals surface area contributed by atoms with Gasteiger partial charge >= 0.3 is 0 Å². The van der Waals surface area contributed by atoms with E-state index in [0.717, 1.165) is 53.3 Å². The number of carbonyl (C=O) groups excluding carboxylic acids is 1. The van der Waals surface area contributed by atoms with Gasteiger partial charge in [-0.25, -0.2) is 4.98 Å². The van der Waals surface area contributed by atoms with Crippen LogP contribution in [-0.4, -0.2) is 38.7 Å². The van der Waals surface area contributed by atoms with E-state index in [2.05, 4.69) is 46.5 Å². The molecule has 32 heavy (non-hydrogen) atoms. The molecule has 0 spiro atoms. The second kappa shape index (κ2) is 8.66. The molecule has 1 aromatic carbocycles. The van der Waals surface area contributed by atoms with Crippen molar-refractivity contribution in [1.29, 1.82) is 0 Å². The summed E-state index contributed by atoms with van der Waals surface area (Å²) in [6.45, 7) is 8.20. The third kappa shape index (κ3) is 4.42. The largest absolute Gasteiger partial charge is 0.348 e. The van der Waals surface area contributed by atoms with Crippen LogP contribution >= 0.6 is 0 Å². The Kier molecular flexibility index (Phi) is 5.72. The number of pyridine rings is 1. The second-order valence-corrected chi connectivity index (χ2v) is 9.73. The number of likely N-dealkylation sites (tertiary alicyclic amines) is 1. The van der Waals surface area contributed by atoms with Crippen molar-refractivity contribution in [2.75, 3.05) is 13.1 Å². The third-order valence-corrected chi connectivity index (χ3v) is 6.99. The molecule has 2 fully saturated rings. The molecule has 1 saturated carbocycles. The Morgan fingerprint density at radius 1 is 1.09 bits per heavy atom. The van der Waals surface area contributed by atoms with Gasteiger partial charge in [0.15, 0.2) is 5.65 Å². The van der Waals surface area contributed by atoms with Crippen molar-refractivity contribution in [2.24, 2.45) is 13.0 Å². The van der Waals surface area contributed by atoms with Crippen LogP contribution < -0.4 is 5.32 Å². The van der Waals surface area contributed by atoms with Crippen LogP contribution in [0.2, 0.25) is 0 Å². The number of benzene rings is 1. The summed E-state index contributed by atoms with van der Waals surface area (Å²) in [7, 11) is 1.90. The highest BCUT2D eigenvalue weighted by Gasteiger charge is 2.28.